The summed E-state index contributed by atoms with van der Waals surface area (Å²) in [6, 6.07) is 7.93. The monoisotopic (exact) mass is 336 g/mol. The van der Waals surface area contributed by atoms with Crippen molar-refractivity contribution in [2.24, 2.45) is 0 Å². The Labute approximate surface area is 142 Å². The smallest absolute Gasteiger partial charge is 0.268 e. The van der Waals surface area contributed by atoms with Gasteiger partial charge in [-0.15, -0.1) is 21.5 Å². The molecule has 0 N–H and O–H groups in total. The lowest BCUT2D eigenvalue weighted by Gasteiger charge is -2.11. The second-order valence-electron chi connectivity index (χ2n) is 6.35. The van der Waals surface area contributed by atoms with Crippen LogP contribution in [-0.4, -0.2) is 19.2 Å². The van der Waals surface area contributed by atoms with Gasteiger partial charge in [0.15, 0.2) is 0 Å². The first kappa shape index (κ1) is 13.9. The Kier molecular flexibility index (Phi) is 2.77. The van der Waals surface area contributed by atoms with Crippen LogP contribution in [-0.2, 0) is 12.8 Å². The van der Waals surface area contributed by atoms with Gasteiger partial charge in [0.2, 0.25) is 5.78 Å². The summed E-state index contributed by atoms with van der Waals surface area (Å²) < 4.78 is 3.76. The Hall–Kier alpha value is -2.47. The summed E-state index contributed by atoms with van der Waals surface area (Å²) >= 11 is 1.73. The van der Waals surface area contributed by atoms with Gasteiger partial charge in [-0.1, -0.05) is 18.2 Å². The van der Waals surface area contributed by atoms with E-state index in [0.717, 1.165) is 46.6 Å². The summed E-state index contributed by atoms with van der Waals surface area (Å²) in [6.07, 6.45) is 3.20. The minimum absolute atomic E-state index is 0.0265. The lowest BCUT2D eigenvalue weighted by molar-refractivity contribution is 0.912. The van der Waals surface area contributed by atoms with Crippen molar-refractivity contribution in [3.8, 4) is 5.69 Å². The molecule has 0 radical (unpaired) electrons. The molecule has 3 aromatic heterocycles. The Morgan fingerprint density at radius 1 is 1.12 bits per heavy atom. The zero-order valence-electron chi connectivity index (χ0n) is 13.5. The maximum Gasteiger partial charge on any atom is 0.268 e. The van der Waals surface area contributed by atoms with Crippen molar-refractivity contribution in [3.05, 3.63) is 56.4 Å². The third-order valence-corrected chi connectivity index (χ3v) is 6.16. The highest BCUT2D eigenvalue weighted by Crippen LogP contribution is 2.36. The Bertz CT molecular complexity index is 1180. The summed E-state index contributed by atoms with van der Waals surface area (Å²) in [5.74, 6) is 1.41. The Morgan fingerprint density at radius 2 is 1.96 bits per heavy atom. The number of aromatic nitrogens is 4. The molecule has 5 rings (SSSR count). The predicted octanol–water partition coefficient (Wildman–Crippen LogP) is 3.20. The fourth-order valence-corrected chi connectivity index (χ4v) is 5.16. The number of thiophene rings is 1. The van der Waals surface area contributed by atoms with Crippen LogP contribution in [0.5, 0.6) is 0 Å². The van der Waals surface area contributed by atoms with E-state index in [1.54, 1.807) is 15.9 Å². The van der Waals surface area contributed by atoms with Crippen molar-refractivity contribution in [2.45, 2.75) is 33.1 Å². The highest BCUT2D eigenvalue weighted by molar-refractivity contribution is 7.19. The summed E-state index contributed by atoms with van der Waals surface area (Å²) in [5.41, 5.74) is 3.18. The molecule has 120 valence electrons. The molecular weight excluding hydrogens is 320 g/mol. The van der Waals surface area contributed by atoms with E-state index < -0.39 is 0 Å². The molecule has 24 heavy (non-hydrogen) atoms. The van der Waals surface area contributed by atoms with Gasteiger partial charge in [-0.05, 0) is 50.3 Å². The molecular formula is C18H16N4OS. The number of hydrogen-bond donors (Lipinski definition) is 0. The first-order valence-corrected chi connectivity index (χ1v) is 8.95. The minimum atomic E-state index is 0.0265. The molecule has 0 bridgehead atoms. The molecule has 1 aromatic carbocycles. The van der Waals surface area contributed by atoms with Crippen LogP contribution in [0, 0.1) is 13.8 Å². The van der Waals surface area contributed by atoms with Crippen molar-refractivity contribution in [3.63, 3.8) is 0 Å². The lowest BCUT2D eigenvalue weighted by Crippen LogP contribution is -2.22. The standard InChI is InChI=1S/C18H16N4OS/c1-10-6-3-4-8-13(10)22-16(23)15-12-7-5-9-14(12)24-17(15)21-11(2)19-20-18(21)22/h3-4,6,8H,5,7,9H2,1-2H3. The van der Waals surface area contributed by atoms with Gasteiger partial charge in [-0.2, -0.15) is 0 Å². The number of nitrogens with zero attached hydrogens (tertiary/aromatic N) is 4. The molecule has 0 fully saturated rings. The van der Waals surface area contributed by atoms with E-state index in [1.807, 2.05) is 42.5 Å². The van der Waals surface area contributed by atoms with E-state index in [9.17, 15) is 4.79 Å². The Balaban J connectivity index is 2.05. The van der Waals surface area contributed by atoms with Crippen molar-refractivity contribution in [2.75, 3.05) is 0 Å². The molecule has 3 heterocycles. The normalized spacial score (nSPS) is 13.9. The number of fused-ring (bicyclic) bond motifs is 5. The van der Waals surface area contributed by atoms with Crippen LogP contribution in [0.1, 0.15) is 28.2 Å². The first-order valence-electron chi connectivity index (χ1n) is 8.14. The minimum Gasteiger partial charge on any atom is -0.268 e. The molecule has 0 amide bonds. The van der Waals surface area contributed by atoms with Crippen molar-refractivity contribution >= 4 is 27.3 Å². The van der Waals surface area contributed by atoms with Gasteiger partial charge in [0.05, 0.1) is 11.1 Å². The van der Waals surface area contributed by atoms with Crippen LogP contribution >= 0.6 is 11.3 Å². The molecule has 0 saturated carbocycles. The number of rotatable bonds is 1. The van der Waals surface area contributed by atoms with E-state index in [0.29, 0.717) is 5.78 Å². The van der Waals surface area contributed by atoms with Crippen LogP contribution in [0.2, 0.25) is 0 Å². The predicted molar refractivity (Wildman–Crippen MR) is 95.5 cm³/mol. The molecule has 0 spiro atoms. The highest BCUT2D eigenvalue weighted by Gasteiger charge is 2.25. The fraction of sp³-hybridized carbons (Fsp3) is 0.278. The maximum atomic E-state index is 13.4. The largest absolute Gasteiger partial charge is 0.268 e. The number of aryl methyl sites for hydroxylation is 4. The summed E-state index contributed by atoms with van der Waals surface area (Å²) in [7, 11) is 0. The number of hydrogen-bond acceptors (Lipinski definition) is 4. The maximum absolute atomic E-state index is 13.4. The van der Waals surface area contributed by atoms with E-state index in [1.165, 1.54) is 10.4 Å². The van der Waals surface area contributed by atoms with Crippen molar-refractivity contribution in [1.82, 2.24) is 19.2 Å². The quantitative estimate of drug-likeness (QED) is 0.536. The van der Waals surface area contributed by atoms with Crippen molar-refractivity contribution < 1.29 is 0 Å². The van der Waals surface area contributed by atoms with Gasteiger partial charge in [0.25, 0.3) is 5.56 Å². The lowest BCUT2D eigenvalue weighted by atomic mass is 10.1. The van der Waals surface area contributed by atoms with E-state index in [4.69, 9.17) is 0 Å². The van der Waals surface area contributed by atoms with Crippen LogP contribution in [0.25, 0.3) is 21.7 Å². The molecule has 1 aliphatic carbocycles. The zero-order valence-corrected chi connectivity index (χ0v) is 14.4. The molecule has 1 aliphatic rings. The topological polar surface area (TPSA) is 52.2 Å². The van der Waals surface area contributed by atoms with Crippen LogP contribution in [0.3, 0.4) is 0 Å². The van der Waals surface area contributed by atoms with Gasteiger partial charge >= 0.3 is 0 Å². The van der Waals surface area contributed by atoms with Gasteiger partial charge in [0, 0.05) is 4.88 Å². The Morgan fingerprint density at radius 3 is 2.79 bits per heavy atom. The summed E-state index contributed by atoms with van der Waals surface area (Å²) in [4.78, 5) is 15.8. The number of benzene rings is 1. The summed E-state index contributed by atoms with van der Waals surface area (Å²) in [5, 5.41) is 9.41. The third-order valence-electron chi connectivity index (χ3n) is 4.89. The van der Waals surface area contributed by atoms with Crippen molar-refractivity contribution in [1.29, 1.82) is 0 Å². The molecule has 5 nitrogen and oxygen atoms in total. The molecule has 4 aromatic rings. The zero-order chi connectivity index (χ0) is 16.4. The molecule has 0 saturated heterocycles. The second kappa shape index (κ2) is 4.77. The number of para-hydroxylation sites is 1. The van der Waals surface area contributed by atoms with E-state index in [-0.39, 0.29) is 5.56 Å². The van der Waals surface area contributed by atoms with E-state index >= 15 is 0 Å². The van der Waals surface area contributed by atoms with Crippen LogP contribution in [0.15, 0.2) is 29.1 Å². The summed E-state index contributed by atoms with van der Waals surface area (Å²) in [6.45, 7) is 3.96. The van der Waals surface area contributed by atoms with Crippen LogP contribution < -0.4 is 5.56 Å². The van der Waals surface area contributed by atoms with Crippen LogP contribution in [0.4, 0.5) is 0 Å². The molecule has 6 heteroatoms. The average Bonchev–Trinajstić information content (AvgIpc) is 3.23. The molecule has 0 aliphatic heterocycles. The highest BCUT2D eigenvalue weighted by atomic mass is 32.1. The fourth-order valence-electron chi connectivity index (χ4n) is 3.74. The average molecular weight is 336 g/mol. The second-order valence-corrected chi connectivity index (χ2v) is 7.43. The molecule has 0 unspecified atom stereocenters. The van der Waals surface area contributed by atoms with Gasteiger partial charge in [-0.25, -0.2) is 4.57 Å². The van der Waals surface area contributed by atoms with Gasteiger partial charge < -0.3 is 0 Å². The van der Waals surface area contributed by atoms with Gasteiger partial charge in [0.1, 0.15) is 10.7 Å². The third kappa shape index (κ3) is 1.66. The van der Waals surface area contributed by atoms with Gasteiger partial charge in [-0.3, -0.25) is 9.20 Å². The van der Waals surface area contributed by atoms with E-state index in [2.05, 4.69) is 10.2 Å². The first-order chi connectivity index (χ1) is 11.7. The molecule has 0 atom stereocenters. The SMILES string of the molecule is Cc1ccccc1-n1c(=O)c2c3c(sc2n2c(C)nnc12)CCC3.